The number of benzene rings is 2. The molecule has 134 valence electrons. The van der Waals surface area contributed by atoms with Crippen molar-refractivity contribution in [3.8, 4) is 11.4 Å². The van der Waals surface area contributed by atoms with E-state index < -0.39 is 6.10 Å². The number of likely N-dealkylation sites (tertiary alicyclic amines) is 1. The summed E-state index contributed by atoms with van der Waals surface area (Å²) in [4.78, 5) is 6.89. The molecule has 0 amide bonds. The fourth-order valence-corrected chi connectivity index (χ4v) is 3.43. The highest BCUT2D eigenvalue weighted by molar-refractivity contribution is 5.55. The average Bonchev–Trinajstić information content (AvgIpc) is 3.19. The van der Waals surface area contributed by atoms with Crippen molar-refractivity contribution in [1.29, 1.82) is 0 Å². The third-order valence-electron chi connectivity index (χ3n) is 4.83. The lowest BCUT2D eigenvalue weighted by atomic mass is 10.1. The van der Waals surface area contributed by atoms with Crippen molar-refractivity contribution in [2.24, 2.45) is 0 Å². The molecule has 0 spiro atoms. The lowest BCUT2D eigenvalue weighted by Gasteiger charge is -2.26. The molecule has 1 aromatic heterocycles. The van der Waals surface area contributed by atoms with Gasteiger partial charge in [-0.05, 0) is 43.1 Å². The normalized spacial score (nSPS) is 16.5. The third-order valence-corrected chi connectivity index (χ3v) is 4.83. The quantitative estimate of drug-likeness (QED) is 0.759. The first-order valence-corrected chi connectivity index (χ1v) is 9.18. The van der Waals surface area contributed by atoms with Gasteiger partial charge in [-0.1, -0.05) is 60.1 Å². The van der Waals surface area contributed by atoms with Gasteiger partial charge in [-0.3, -0.25) is 4.90 Å². The Bertz CT molecular complexity index is 841. The molecule has 4 rings (SSSR count). The van der Waals surface area contributed by atoms with Crippen molar-refractivity contribution in [3.63, 3.8) is 0 Å². The van der Waals surface area contributed by atoms with Gasteiger partial charge in [0.05, 0.1) is 0 Å². The van der Waals surface area contributed by atoms with Gasteiger partial charge in [0.15, 0.2) is 6.10 Å². The zero-order valence-corrected chi connectivity index (χ0v) is 14.7. The van der Waals surface area contributed by atoms with Gasteiger partial charge in [0.1, 0.15) is 0 Å². The van der Waals surface area contributed by atoms with E-state index in [4.69, 9.17) is 4.52 Å². The van der Waals surface area contributed by atoms with Crippen LogP contribution in [0.3, 0.4) is 0 Å². The van der Waals surface area contributed by atoms with Crippen LogP contribution >= 0.6 is 0 Å². The Morgan fingerprint density at radius 3 is 2.62 bits per heavy atom. The Labute approximate surface area is 153 Å². The summed E-state index contributed by atoms with van der Waals surface area (Å²) < 4.78 is 5.30. The second kappa shape index (κ2) is 7.81. The van der Waals surface area contributed by atoms with E-state index >= 15 is 0 Å². The monoisotopic (exact) mass is 349 g/mol. The number of rotatable bonds is 5. The second-order valence-corrected chi connectivity index (χ2v) is 6.81. The molecule has 2 aromatic carbocycles. The molecule has 1 atom stereocenters. The predicted octanol–water partition coefficient (Wildman–Crippen LogP) is 3.80. The van der Waals surface area contributed by atoms with Gasteiger partial charge in [-0.25, -0.2) is 0 Å². The molecule has 1 aliphatic heterocycles. The van der Waals surface area contributed by atoms with Gasteiger partial charge in [0.25, 0.3) is 5.89 Å². The molecule has 0 aliphatic carbocycles. The molecule has 0 saturated carbocycles. The molecule has 1 aliphatic rings. The molecule has 2 heterocycles. The summed E-state index contributed by atoms with van der Waals surface area (Å²) in [7, 11) is 0. The lowest BCUT2D eigenvalue weighted by molar-refractivity contribution is 0.170. The van der Waals surface area contributed by atoms with Gasteiger partial charge in [-0.15, -0.1) is 0 Å². The van der Waals surface area contributed by atoms with Crippen LogP contribution in [0.1, 0.15) is 42.4 Å². The SMILES string of the molecule is OC(c1ccccc1)c1nc(-c2cccc(CN3CCCCC3)c2)no1. The highest BCUT2D eigenvalue weighted by atomic mass is 16.5. The summed E-state index contributed by atoms with van der Waals surface area (Å²) in [6, 6.07) is 17.6. The van der Waals surface area contributed by atoms with Crippen molar-refractivity contribution < 1.29 is 9.63 Å². The molecule has 1 saturated heterocycles. The van der Waals surface area contributed by atoms with Crippen molar-refractivity contribution >= 4 is 0 Å². The summed E-state index contributed by atoms with van der Waals surface area (Å²) in [6.07, 6.45) is 3.00. The smallest absolute Gasteiger partial charge is 0.260 e. The molecule has 5 heteroatoms. The summed E-state index contributed by atoms with van der Waals surface area (Å²) in [6.45, 7) is 3.28. The topological polar surface area (TPSA) is 62.4 Å². The number of hydrogen-bond donors (Lipinski definition) is 1. The lowest BCUT2D eigenvalue weighted by Crippen LogP contribution is -2.29. The second-order valence-electron chi connectivity index (χ2n) is 6.81. The number of aliphatic hydroxyl groups excluding tert-OH is 1. The Kier molecular flexibility index (Phi) is 5.09. The Morgan fingerprint density at radius 2 is 1.81 bits per heavy atom. The highest BCUT2D eigenvalue weighted by Crippen LogP contribution is 2.24. The molecule has 1 unspecified atom stereocenters. The maximum Gasteiger partial charge on any atom is 0.260 e. The first-order chi connectivity index (χ1) is 12.8. The number of nitrogens with zero attached hydrogens (tertiary/aromatic N) is 3. The van der Waals surface area contributed by atoms with E-state index in [2.05, 4.69) is 27.2 Å². The Balaban J connectivity index is 1.51. The van der Waals surface area contributed by atoms with Crippen molar-refractivity contribution in [2.75, 3.05) is 13.1 Å². The number of piperidine rings is 1. The van der Waals surface area contributed by atoms with Crippen LogP contribution in [0.2, 0.25) is 0 Å². The largest absolute Gasteiger partial charge is 0.378 e. The van der Waals surface area contributed by atoms with Crippen LogP contribution in [-0.2, 0) is 6.54 Å². The van der Waals surface area contributed by atoms with Crippen LogP contribution in [0.4, 0.5) is 0 Å². The predicted molar refractivity (Wildman–Crippen MR) is 99.4 cm³/mol. The van der Waals surface area contributed by atoms with E-state index in [0.717, 1.165) is 17.7 Å². The maximum absolute atomic E-state index is 10.4. The van der Waals surface area contributed by atoms with Gasteiger partial charge < -0.3 is 9.63 Å². The van der Waals surface area contributed by atoms with Crippen molar-refractivity contribution in [1.82, 2.24) is 15.0 Å². The van der Waals surface area contributed by atoms with Crippen molar-refractivity contribution in [2.45, 2.75) is 31.9 Å². The van der Waals surface area contributed by atoms with Crippen LogP contribution < -0.4 is 0 Å². The van der Waals surface area contributed by atoms with Gasteiger partial charge in [-0.2, -0.15) is 4.98 Å². The van der Waals surface area contributed by atoms with Gasteiger partial charge >= 0.3 is 0 Å². The fraction of sp³-hybridized carbons (Fsp3) is 0.333. The number of aromatic nitrogens is 2. The van der Waals surface area contributed by atoms with Crippen LogP contribution in [0.5, 0.6) is 0 Å². The zero-order chi connectivity index (χ0) is 17.8. The van der Waals surface area contributed by atoms with E-state index in [1.54, 1.807) is 0 Å². The molecule has 1 fully saturated rings. The molecular weight excluding hydrogens is 326 g/mol. The summed E-state index contributed by atoms with van der Waals surface area (Å²) in [5.41, 5.74) is 2.90. The van der Waals surface area contributed by atoms with Gasteiger partial charge in [0.2, 0.25) is 5.82 Å². The number of aliphatic hydroxyl groups is 1. The highest BCUT2D eigenvalue weighted by Gasteiger charge is 2.19. The molecule has 0 radical (unpaired) electrons. The first-order valence-electron chi connectivity index (χ1n) is 9.18. The zero-order valence-electron chi connectivity index (χ0n) is 14.7. The standard InChI is InChI=1S/C21H23N3O2/c25-19(17-9-3-1-4-10-17)21-22-20(23-26-21)18-11-7-8-16(14-18)15-24-12-5-2-6-13-24/h1,3-4,7-11,14,19,25H,2,5-6,12-13,15H2. The van der Waals surface area contributed by atoms with Crippen LogP contribution in [-0.4, -0.2) is 33.2 Å². The molecule has 1 N–H and O–H groups in total. The van der Waals surface area contributed by atoms with Crippen LogP contribution in [0, 0.1) is 0 Å². The minimum absolute atomic E-state index is 0.215. The van der Waals surface area contributed by atoms with Gasteiger partial charge in [0, 0.05) is 12.1 Å². The molecule has 3 aromatic rings. The minimum atomic E-state index is -0.908. The third kappa shape index (κ3) is 3.84. The molecule has 5 nitrogen and oxygen atoms in total. The number of hydrogen-bond acceptors (Lipinski definition) is 5. The summed E-state index contributed by atoms with van der Waals surface area (Å²) in [5, 5.41) is 14.5. The average molecular weight is 349 g/mol. The molecular formula is C21H23N3O2. The van der Waals surface area contributed by atoms with E-state index in [0.29, 0.717) is 5.82 Å². The summed E-state index contributed by atoms with van der Waals surface area (Å²) >= 11 is 0. The summed E-state index contributed by atoms with van der Waals surface area (Å²) in [5.74, 6) is 0.725. The van der Waals surface area contributed by atoms with E-state index in [9.17, 15) is 5.11 Å². The van der Waals surface area contributed by atoms with Crippen molar-refractivity contribution in [3.05, 3.63) is 71.6 Å². The van der Waals surface area contributed by atoms with E-state index in [1.807, 2.05) is 42.5 Å². The Morgan fingerprint density at radius 1 is 1.00 bits per heavy atom. The maximum atomic E-state index is 10.4. The van der Waals surface area contributed by atoms with Crippen LogP contribution in [0.15, 0.2) is 59.1 Å². The van der Waals surface area contributed by atoms with E-state index in [-0.39, 0.29) is 5.89 Å². The van der Waals surface area contributed by atoms with E-state index in [1.165, 1.54) is 37.9 Å². The fourth-order valence-electron chi connectivity index (χ4n) is 3.43. The van der Waals surface area contributed by atoms with Crippen LogP contribution in [0.25, 0.3) is 11.4 Å². The molecule has 0 bridgehead atoms. The minimum Gasteiger partial charge on any atom is -0.378 e. The first kappa shape index (κ1) is 16.9. The Hall–Kier alpha value is -2.50. The molecule has 26 heavy (non-hydrogen) atoms.